The highest BCUT2D eigenvalue weighted by Crippen LogP contribution is 2.33. The Morgan fingerprint density at radius 2 is 1.72 bits per heavy atom. The highest BCUT2D eigenvalue weighted by Gasteiger charge is 2.24. The van der Waals surface area contributed by atoms with Crippen LogP contribution >= 0.6 is 0 Å². The van der Waals surface area contributed by atoms with Crippen molar-refractivity contribution < 1.29 is 23.5 Å². The Hall–Kier alpha value is -3.28. The molecule has 0 saturated carbocycles. The molecule has 0 spiro atoms. The van der Waals surface area contributed by atoms with Crippen molar-refractivity contribution in [2.24, 2.45) is 5.41 Å². The van der Waals surface area contributed by atoms with E-state index in [0.29, 0.717) is 33.9 Å². The van der Waals surface area contributed by atoms with Crippen LogP contribution in [0.2, 0.25) is 0 Å². The molecular formula is C23H25NO5. The lowest BCUT2D eigenvalue weighted by Crippen LogP contribution is -2.27. The molecule has 0 radical (unpaired) electrons. The van der Waals surface area contributed by atoms with Gasteiger partial charge in [0.15, 0.2) is 5.76 Å². The zero-order valence-electron chi connectivity index (χ0n) is 17.5. The highest BCUT2D eigenvalue weighted by atomic mass is 16.5. The first-order chi connectivity index (χ1) is 13.7. The van der Waals surface area contributed by atoms with Crippen molar-refractivity contribution in [2.45, 2.75) is 27.7 Å². The minimum absolute atomic E-state index is 0.0876. The molecule has 1 N–H and O–H groups in total. The SMILES string of the molecule is COc1ccc(OC)c(C(=O)c2oc3ccc(NC(=O)C(C)(C)C)cc3c2C)c1. The third kappa shape index (κ3) is 3.97. The number of carbonyl (C=O) groups excluding carboxylic acids is 2. The van der Waals surface area contributed by atoms with Gasteiger partial charge in [0.05, 0.1) is 19.8 Å². The first-order valence-electron chi connectivity index (χ1n) is 9.27. The van der Waals surface area contributed by atoms with Gasteiger partial charge in [-0.2, -0.15) is 0 Å². The van der Waals surface area contributed by atoms with Gasteiger partial charge in [0.1, 0.15) is 17.1 Å². The van der Waals surface area contributed by atoms with Crippen molar-refractivity contribution in [3.63, 3.8) is 0 Å². The number of methoxy groups -OCH3 is 2. The van der Waals surface area contributed by atoms with Gasteiger partial charge in [0.2, 0.25) is 11.7 Å². The number of hydrogen-bond acceptors (Lipinski definition) is 5. The van der Waals surface area contributed by atoms with Crippen molar-refractivity contribution in [2.75, 3.05) is 19.5 Å². The Bertz CT molecular complexity index is 1090. The molecule has 0 unspecified atom stereocenters. The zero-order chi connectivity index (χ0) is 21.3. The van der Waals surface area contributed by atoms with Crippen LogP contribution in [0.5, 0.6) is 11.5 Å². The van der Waals surface area contributed by atoms with Gasteiger partial charge >= 0.3 is 0 Å². The molecule has 0 fully saturated rings. The van der Waals surface area contributed by atoms with E-state index in [1.807, 2.05) is 33.8 Å². The van der Waals surface area contributed by atoms with Crippen LogP contribution < -0.4 is 14.8 Å². The Morgan fingerprint density at radius 1 is 1.00 bits per heavy atom. The lowest BCUT2D eigenvalue weighted by molar-refractivity contribution is -0.123. The maximum Gasteiger partial charge on any atom is 0.232 e. The summed E-state index contributed by atoms with van der Waals surface area (Å²) in [5, 5.41) is 3.67. The van der Waals surface area contributed by atoms with E-state index in [0.717, 1.165) is 5.39 Å². The molecule has 3 aromatic rings. The predicted molar refractivity (Wildman–Crippen MR) is 112 cm³/mol. The maximum atomic E-state index is 13.2. The van der Waals surface area contributed by atoms with Crippen LogP contribution in [0.25, 0.3) is 11.0 Å². The number of ketones is 1. The molecule has 152 valence electrons. The molecule has 0 aliphatic carbocycles. The van der Waals surface area contributed by atoms with Crippen LogP contribution in [-0.2, 0) is 4.79 Å². The Kier molecular flexibility index (Phi) is 5.38. The minimum atomic E-state index is -0.509. The highest BCUT2D eigenvalue weighted by molar-refractivity contribution is 6.12. The fraction of sp³-hybridized carbons (Fsp3) is 0.304. The normalized spacial score (nSPS) is 11.4. The van der Waals surface area contributed by atoms with E-state index < -0.39 is 5.41 Å². The standard InChI is InChI=1S/C23H25NO5/c1-13-16-11-14(24-22(26)23(2,3)4)7-9-19(16)29-21(13)20(25)17-12-15(27-5)8-10-18(17)28-6/h7-12H,1-6H3,(H,24,26). The number of aryl methyl sites for hydroxylation is 1. The zero-order valence-corrected chi connectivity index (χ0v) is 17.5. The van der Waals surface area contributed by atoms with E-state index in [4.69, 9.17) is 13.9 Å². The van der Waals surface area contributed by atoms with E-state index in [1.54, 1.807) is 30.3 Å². The molecule has 6 nitrogen and oxygen atoms in total. The monoisotopic (exact) mass is 395 g/mol. The lowest BCUT2D eigenvalue weighted by atomic mass is 9.95. The molecule has 1 amide bonds. The number of anilines is 1. The number of ether oxygens (including phenoxy) is 2. The summed E-state index contributed by atoms with van der Waals surface area (Å²) in [5.74, 6) is 0.833. The molecule has 0 atom stereocenters. The molecular weight excluding hydrogens is 370 g/mol. The van der Waals surface area contributed by atoms with E-state index in [-0.39, 0.29) is 17.5 Å². The summed E-state index contributed by atoms with van der Waals surface area (Å²) in [6.45, 7) is 7.37. The van der Waals surface area contributed by atoms with Crippen LogP contribution in [0, 0.1) is 12.3 Å². The third-order valence-corrected chi connectivity index (χ3v) is 4.73. The van der Waals surface area contributed by atoms with E-state index in [9.17, 15) is 9.59 Å². The van der Waals surface area contributed by atoms with E-state index in [1.165, 1.54) is 14.2 Å². The Balaban J connectivity index is 2.02. The van der Waals surface area contributed by atoms with Gasteiger partial charge in [-0.05, 0) is 43.3 Å². The van der Waals surface area contributed by atoms with Gasteiger partial charge in [0.25, 0.3) is 0 Å². The Morgan fingerprint density at radius 3 is 2.34 bits per heavy atom. The van der Waals surface area contributed by atoms with Crippen LogP contribution in [0.4, 0.5) is 5.69 Å². The second-order valence-electron chi connectivity index (χ2n) is 7.87. The molecule has 0 saturated heterocycles. The Labute approximate surface area is 169 Å². The lowest BCUT2D eigenvalue weighted by Gasteiger charge is -2.17. The summed E-state index contributed by atoms with van der Waals surface area (Å²) < 4.78 is 16.4. The van der Waals surface area contributed by atoms with Crippen LogP contribution in [0.1, 0.15) is 42.5 Å². The van der Waals surface area contributed by atoms with Crippen molar-refractivity contribution in [1.29, 1.82) is 0 Å². The first-order valence-corrected chi connectivity index (χ1v) is 9.27. The minimum Gasteiger partial charge on any atom is -0.497 e. The fourth-order valence-electron chi connectivity index (χ4n) is 2.95. The molecule has 29 heavy (non-hydrogen) atoms. The van der Waals surface area contributed by atoms with Crippen molar-refractivity contribution in [3.8, 4) is 11.5 Å². The van der Waals surface area contributed by atoms with Crippen molar-refractivity contribution >= 4 is 28.3 Å². The number of rotatable bonds is 5. The summed E-state index contributed by atoms with van der Waals surface area (Å²) in [4.78, 5) is 25.4. The molecule has 0 bridgehead atoms. The molecule has 0 aliphatic rings. The average molecular weight is 395 g/mol. The second-order valence-corrected chi connectivity index (χ2v) is 7.87. The smallest absolute Gasteiger partial charge is 0.232 e. The summed E-state index contributed by atoms with van der Waals surface area (Å²) in [6, 6.07) is 10.4. The summed E-state index contributed by atoms with van der Waals surface area (Å²) in [7, 11) is 3.05. The van der Waals surface area contributed by atoms with Gasteiger partial charge in [-0.1, -0.05) is 20.8 Å². The number of fused-ring (bicyclic) bond motifs is 1. The number of furan rings is 1. The molecule has 6 heteroatoms. The molecule has 2 aromatic carbocycles. The van der Waals surface area contributed by atoms with Gasteiger partial charge in [0, 0.05) is 22.1 Å². The number of benzene rings is 2. The number of carbonyl (C=O) groups is 2. The van der Waals surface area contributed by atoms with E-state index in [2.05, 4.69) is 5.32 Å². The fourth-order valence-corrected chi connectivity index (χ4v) is 2.95. The third-order valence-electron chi connectivity index (χ3n) is 4.73. The van der Waals surface area contributed by atoms with Crippen molar-refractivity contribution in [1.82, 2.24) is 0 Å². The summed E-state index contributed by atoms with van der Waals surface area (Å²) in [5.41, 5.74) is 1.77. The van der Waals surface area contributed by atoms with Crippen LogP contribution in [0.15, 0.2) is 40.8 Å². The molecule has 1 heterocycles. The quantitative estimate of drug-likeness (QED) is 0.617. The number of amides is 1. The van der Waals surface area contributed by atoms with Crippen LogP contribution in [-0.4, -0.2) is 25.9 Å². The van der Waals surface area contributed by atoms with Crippen LogP contribution in [0.3, 0.4) is 0 Å². The largest absolute Gasteiger partial charge is 0.497 e. The summed E-state index contributed by atoms with van der Waals surface area (Å²) >= 11 is 0. The molecule has 0 aliphatic heterocycles. The molecule has 1 aromatic heterocycles. The van der Waals surface area contributed by atoms with E-state index >= 15 is 0 Å². The topological polar surface area (TPSA) is 77.8 Å². The van der Waals surface area contributed by atoms with Gasteiger partial charge < -0.3 is 19.2 Å². The van der Waals surface area contributed by atoms with Gasteiger partial charge in [-0.25, -0.2) is 0 Å². The number of nitrogens with one attached hydrogen (secondary N) is 1. The summed E-state index contributed by atoms with van der Waals surface area (Å²) in [6.07, 6.45) is 0. The van der Waals surface area contributed by atoms with Gasteiger partial charge in [-0.15, -0.1) is 0 Å². The predicted octanol–water partition coefficient (Wildman–Crippen LogP) is 4.97. The van der Waals surface area contributed by atoms with Gasteiger partial charge in [-0.3, -0.25) is 9.59 Å². The number of hydrogen-bond donors (Lipinski definition) is 1. The average Bonchev–Trinajstić information content (AvgIpc) is 3.02. The first kappa shape index (κ1) is 20.5. The second kappa shape index (κ2) is 7.62. The maximum absolute atomic E-state index is 13.2. The van der Waals surface area contributed by atoms with Crippen molar-refractivity contribution in [3.05, 3.63) is 53.3 Å². The molecule has 3 rings (SSSR count).